The lowest BCUT2D eigenvalue weighted by atomic mass is 9.64. The van der Waals surface area contributed by atoms with E-state index in [2.05, 4.69) is 263 Å². The van der Waals surface area contributed by atoms with Crippen LogP contribution in [0.25, 0.3) is 0 Å². The van der Waals surface area contributed by atoms with Crippen LogP contribution in [0.1, 0.15) is 0 Å². The van der Waals surface area contributed by atoms with Gasteiger partial charge < -0.3 is 14.7 Å². The first kappa shape index (κ1) is 37.1. The molecule has 0 aliphatic carbocycles. The van der Waals surface area contributed by atoms with Gasteiger partial charge in [0.1, 0.15) is 0 Å². The lowest BCUT2D eigenvalue weighted by Gasteiger charge is -2.26. The van der Waals surface area contributed by atoms with E-state index >= 15 is 0 Å². The van der Waals surface area contributed by atoms with Crippen LogP contribution in [0.4, 0.5) is 51.2 Å². The topological polar surface area (TPSA) is 9.72 Å². The molecular formula is C54H43B2N3. The van der Waals surface area contributed by atoms with Crippen molar-refractivity contribution < 1.29 is 0 Å². The van der Waals surface area contributed by atoms with Gasteiger partial charge in [-0.2, -0.15) is 0 Å². The number of hydrogen-bond acceptors (Lipinski definition) is 3. The molecule has 0 unspecified atom stereocenters. The lowest BCUT2D eigenvalue weighted by molar-refractivity contribution is 1.28. The van der Waals surface area contributed by atoms with Crippen LogP contribution in [0.5, 0.6) is 0 Å². The Labute approximate surface area is 349 Å². The summed E-state index contributed by atoms with van der Waals surface area (Å²) in [6, 6.07) is 88.7. The van der Waals surface area contributed by atoms with E-state index < -0.39 is 0 Å². The molecule has 9 rings (SSSR count). The molecule has 3 nitrogen and oxygen atoms in total. The van der Waals surface area contributed by atoms with Crippen LogP contribution in [0.3, 0.4) is 0 Å². The van der Waals surface area contributed by atoms with Gasteiger partial charge in [0.25, 0.3) is 0 Å². The van der Waals surface area contributed by atoms with Gasteiger partial charge in [-0.05, 0) is 109 Å². The van der Waals surface area contributed by atoms with E-state index in [1.165, 1.54) is 21.9 Å². The molecule has 5 heteroatoms. The Morgan fingerprint density at radius 2 is 0.322 bits per heavy atom. The summed E-state index contributed by atoms with van der Waals surface area (Å²) in [5, 5.41) is 0. The summed E-state index contributed by atoms with van der Waals surface area (Å²) in [4.78, 5) is 6.93. The zero-order chi connectivity index (χ0) is 39.6. The molecule has 0 saturated heterocycles. The zero-order valence-electron chi connectivity index (χ0n) is 32.9. The Morgan fingerprint density at radius 1 is 0.169 bits per heavy atom. The molecule has 9 aromatic rings. The number of anilines is 9. The fraction of sp³-hybridized carbons (Fsp3) is 0. The summed E-state index contributed by atoms with van der Waals surface area (Å²) in [6.45, 7) is 0. The maximum atomic E-state index is 2.33. The first-order valence-corrected chi connectivity index (χ1v) is 20.3. The van der Waals surface area contributed by atoms with Crippen LogP contribution in [0, 0.1) is 0 Å². The van der Waals surface area contributed by atoms with Crippen molar-refractivity contribution in [3.63, 3.8) is 0 Å². The van der Waals surface area contributed by atoms with Crippen molar-refractivity contribution in [1.29, 1.82) is 0 Å². The molecule has 0 bridgehead atoms. The van der Waals surface area contributed by atoms with Gasteiger partial charge in [0.2, 0.25) is 0 Å². The Balaban J connectivity index is 0.906. The van der Waals surface area contributed by atoms with Crippen LogP contribution >= 0.6 is 0 Å². The second-order valence-electron chi connectivity index (χ2n) is 14.7. The fourth-order valence-corrected chi connectivity index (χ4v) is 7.75. The standard InChI is InChI=1S/C54H43B2N3/c1-6-16-46(17-7-1)57(47-18-8-2-9-19-47)51-34-26-42(27-35-51)55-44-30-38-53(39-31-44)59(50-24-14-5-15-25-50)54-40-32-45(33-41-54)56-43-28-36-52(37-29-43)58(48-20-10-3-11-21-48)49-22-12-4-13-23-49/h1-41,55-56H. The van der Waals surface area contributed by atoms with Gasteiger partial charge in [-0.25, -0.2) is 0 Å². The van der Waals surface area contributed by atoms with Crippen molar-refractivity contribution in [3.8, 4) is 0 Å². The molecule has 0 N–H and O–H groups in total. The number of para-hydroxylation sites is 5. The smallest absolute Gasteiger partial charge is 0.192 e. The minimum Gasteiger partial charge on any atom is -0.311 e. The maximum absolute atomic E-state index is 2.33. The maximum Gasteiger partial charge on any atom is 0.192 e. The summed E-state index contributed by atoms with van der Waals surface area (Å²) < 4.78 is 0. The van der Waals surface area contributed by atoms with E-state index in [0.717, 1.165) is 65.7 Å². The third-order valence-corrected chi connectivity index (χ3v) is 10.7. The van der Waals surface area contributed by atoms with E-state index in [9.17, 15) is 0 Å². The average molecular weight is 756 g/mol. The van der Waals surface area contributed by atoms with Crippen molar-refractivity contribution >= 4 is 87.6 Å². The van der Waals surface area contributed by atoms with Gasteiger partial charge >= 0.3 is 0 Å². The average Bonchev–Trinajstić information content (AvgIpc) is 3.31. The van der Waals surface area contributed by atoms with E-state index in [1.54, 1.807) is 0 Å². The molecule has 0 aromatic heterocycles. The Hall–Kier alpha value is -7.49. The third-order valence-electron chi connectivity index (χ3n) is 10.7. The Morgan fingerprint density at radius 3 is 0.492 bits per heavy atom. The van der Waals surface area contributed by atoms with Crippen molar-refractivity contribution in [1.82, 2.24) is 0 Å². The largest absolute Gasteiger partial charge is 0.311 e. The molecule has 0 spiro atoms. The minimum atomic E-state index is 0.856. The number of rotatable bonds is 13. The lowest BCUT2D eigenvalue weighted by Crippen LogP contribution is -2.27. The summed E-state index contributed by atoms with van der Waals surface area (Å²) in [5.41, 5.74) is 15.3. The van der Waals surface area contributed by atoms with Crippen LogP contribution in [-0.4, -0.2) is 14.6 Å². The Kier molecular flexibility index (Phi) is 11.2. The molecule has 0 atom stereocenters. The molecule has 0 aliphatic heterocycles. The molecule has 0 heterocycles. The minimum absolute atomic E-state index is 0.856. The number of nitrogens with zero attached hydrogens (tertiary/aromatic N) is 3. The predicted molar refractivity (Wildman–Crippen MR) is 256 cm³/mol. The van der Waals surface area contributed by atoms with Gasteiger partial charge in [0, 0.05) is 51.2 Å². The first-order chi connectivity index (χ1) is 29.2. The highest BCUT2D eigenvalue weighted by atomic mass is 15.2. The molecule has 280 valence electrons. The molecule has 0 amide bonds. The van der Waals surface area contributed by atoms with Crippen molar-refractivity contribution in [2.75, 3.05) is 14.7 Å². The van der Waals surface area contributed by atoms with Gasteiger partial charge in [0.15, 0.2) is 14.6 Å². The molecule has 0 aliphatic rings. The summed E-state index contributed by atoms with van der Waals surface area (Å²) in [7, 11) is 1.71. The predicted octanol–water partition coefficient (Wildman–Crippen LogP) is 10.9. The van der Waals surface area contributed by atoms with Crippen molar-refractivity contribution in [3.05, 3.63) is 249 Å². The van der Waals surface area contributed by atoms with Crippen molar-refractivity contribution in [2.45, 2.75) is 0 Å². The van der Waals surface area contributed by atoms with Gasteiger partial charge in [-0.15, -0.1) is 0 Å². The molecule has 0 saturated carbocycles. The molecule has 0 radical (unpaired) electrons. The van der Waals surface area contributed by atoms with Crippen LogP contribution in [-0.2, 0) is 0 Å². The highest BCUT2D eigenvalue weighted by Gasteiger charge is 2.16. The first-order valence-electron chi connectivity index (χ1n) is 20.3. The molecule has 0 fully saturated rings. The van der Waals surface area contributed by atoms with E-state index in [4.69, 9.17) is 0 Å². The molecule has 59 heavy (non-hydrogen) atoms. The quantitative estimate of drug-likeness (QED) is 0.109. The molecule has 9 aromatic carbocycles. The van der Waals surface area contributed by atoms with E-state index in [1.807, 2.05) is 0 Å². The van der Waals surface area contributed by atoms with E-state index in [-0.39, 0.29) is 0 Å². The van der Waals surface area contributed by atoms with Crippen LogP contribution in [0.15, 0.2) is 249 Å². The summed E-state index contributed by atoms with van der Waals surface area (Å²) in [5.74, 6) is 0. The SMILES string of the molecule is B(c1ccc(N(c2ccccc2)c2ccccc2)cc1)c1ccc(N(c2ccccc2)c2ccc(Bc3ccc(N(c4ccccc4)c4ccccc4)cc3)cc2)cc1. The van der Waals surface area contributed by atoms with E-state index in [0.29, 0.717) is 0 Å². The Bertz CT molecular complexity index is 2410. The number of hydrogen-bond donors (Lipinski definition) is 0. The highest BCUT2D eigenvalue weighted by molar-refractivity contribution is 6.67. The second kappa shape index (κ2) is 17.8. The zero-order valence-corrected chi connectivity index (χ0v) is 32.9. The summed E-state index contributed by atoms with van der Waals surface area (Å²) in [6.07, 6.45) is 0. The second-order valence-corrected chi connectivity index (χ2v) is 14.7. The number of benzene rings is 9. The summed E-state index contributed by atoms with van der Waals surface area (Å²) >= 11 is 0. The molecular weight excluding hydrogens is 712 g/mol. The van der Waals surface area contributed by atoms with Crippen LogP contribution < -0.4 is 36.6 Å². The normalized spacial score (nSPS) is 10.7. The van der Waals surface area contributed by atoms with Gasteiger partial charge in [-0.1, -0.05) is 161 Å². The van der Waals surface area contributed by atoms with Crippen LogP contribution in [0.2, 0.25) is 0 Å². The highest BCUT2D eigenvalue weighted by Crippen LogP contribution is 2.36. The van der Waals surface area contributed by atoms with Gasteiger partial charge in [-0.3, -0.25) is 0 Å². The third kappa shape index (κ3) is 8.76. The van der Waals surface area contributed by atoms with Gasteiger partial charge in [0.05, 0.1) is 0 Å². The van der Waals surface area contributed by atoms with Crippen molar-refractivity contribution in [2.24, 2.45) is 0 Å². The fourth-order valence-electron chi connectivity index (χ4n) is 7.75. The monoisotopic (exact) mass is 755 g/mol.